The lowest BCUT2D eigenvalue weighted by molar-refractivity contribution is 0.479. The van der Waals surface area contributed by atoms with Crippen molar-refractivity contribution >= 4 is 81.4 Å². The molecule has 13 rings (SSSR count). The van der Waals surface area contributed by atoms with Gasteiger partial charge in [-0.1, -0.05) is 177 Å². The largest absolute Gasteiger partial charge is 0.456 e. The van der Waals surface area contributed by atoms with Gasteiger partial charge in [0.1, 0.15) is 11.2 Å². The number of allylic oxidation sites excluding steroid dienone is 5. The highest BCUT2D eigenvalue weighted by Crippen LogP contribution is 2.53. The lowest BCUT2D eigenvalue weighted by Crippen LogP contribution is -2.45. The van der Waals surface area contributed by atoms with Crippen LogP contribution >= 0.6 is 11.3 Å². The van der Waals surface area contributed by atoms with Crippen LogP contribution in [0.4, 0.5) is 0 Å². The fraction of sp³-hybridized carbons (Fsp3) is 0.0847. The van der Waals surface area contributed by atoms with Gasteiger partial charge in [-0.15, -0.1) is 11.3 Å². The molecule has 3 aliphatic rings. The van der Waals surface area contributed by atoms with E-state index in [1.165, 1.54) is 102 Å². The molecule has 0 fully saturated rings. The molecule has 2 heteroatoms. The van der Waals surface area contributed by atoms with E-state index in [2.05, 4.69) is 201 Å². The van der Waals surface area contributed by atoms with E-state index < -0.39 is 0 Å². The van der Waals surface area contributed by atoms with E-state index in [-0.39, 0.29) is 11.3 Å². The number of fused-ring (bicyclic) bond motifs is 10. The lowest BCUT2D eigenvalue weighted by Gasteiger charge is -2.42. The Morgan fingerprint density at radius 2 is 1.33 bits per heavy atom. The Labute approximate surface area is 358 Å². The summed E-state index contributed by atoms with van der Waals surface area (Å²) in [6, 6.07) is 58.4. The Hall–Kier alpha value is -7.00. The molecule has 2 heterocycles. The molecule has 288 valence electrons. The third-order valence-electron chi connectivity index (χ3n) is 13.9. The van der Waals surface area contributed by atoms with Crippen LogP contribution in [0.2, 0.25) is 0 Å². The van der Waals surface area contributed by atoms with Gasteiger partial charge in [0.15, 0.2) is 0 Å². The van der Waals surface area contributed by atoms with Gasteiger partial charge in [-0.25, -0.2) is 0 Å². The number of benzene rings is 8. The highest BCUT2D eigenvalue weighted by atomic mass is 32.1. The third-order valence-corrected chi connectivity index (χ3v) is 15.1. The molecule has 2 unspecified atom stereocenters. The average molecular weight is 797 g/mol. The summed E-state index contributed by atoms with van der Waals surface area (Å²) in [4.78, 5) is 0. The minimum absolute atomic E-state index is 0.172. The van der Waals surface area contributed by atoms with E-state index in [0.29, 0.717) is 0 Å². The van der Waals surface area contributed by atoms with Crippen molar-refractivity contribution in [2.24, 2.45) is 11.3 Å². The van der Waals surface area contributed by atoms with Gasteiger partial charge in [-0.05, 0) is 108 Å². The first kappa shape index (κ1) is 34.8. The second kappa shape index (κ2) is 13.3. The molecule has 0 saturated carbocycles. The topological polar surface area (TPSA) is 13.1 Å². The molecule has 3 aliphatic carbocycles. The highest BCUT2D eigenvalue weighted by molar-refractivity contribution is 7.26. The summed E-state index contributed by atoms with van der Waals surface area (Å²) < 4.78 is 9.66. The van der Waals surface area contributed by atoms with Gasteiger partial charge >= 0.3 is 0 Å². The SMILES string of the molecule is CC12C=CC=CC1C(c1ccccc1)=c1ccccc1=C2c1cccc2oc3cc(-c4c5c(c(-c6cccc7c6sc6ccccc67)c6ccccc46)CCC=C5)ccc3c12. The fourth-order valence-electron chi connectivity index (χ4n) is 11.3. The monoisotopic (exact) mass is 796 g/mol. The van der Waals surface area contributed by atoms with Crippen LogP contribution in [0.5, 0.6) is 0 Å². The molecular formula is C59H40OS. The zero-order chi connectivity index (χ0) is 40.2. The molecule has 10 aromatic rings. The van der Waals surface area contributed by atoms with Gasteiger partial charge in [-0.2, -0.15) is 0 Å². The number of furan rings is 1. The Balaban J connectivity index is 1.05. The van der Waals surface area contributed by atoms with Gasteiger partial charge in [-0.3, -0.25) is 0 Å². The van der Waals surface area contributed by atoms with Gasteiger partial charge in [0.2, 0.25) is 0 Å². The molecule has 0 saturated heterocycles. The van der Waals surface area contributed by atoms with Crippen molar-refractivity contribution in [2.45, 2.75) is 19.8 Å². The van der Waals surface area contributed by atoms with E-state index in [4.69, 9.17) is 4.42 Å². The molecule has 8 aromatic carbocycles. The Morgan fingerprint density at radius 1 is 0.590 bits per heavy atom. The van der Waals surface area contributed by atoms with Crippen LogP contribution in [0.15, 0.2) is 193 Å². The predicted molar refractivity (Wildman–Crippen MR) is 259 cm³/mol. The highest BCUT2D eigenvalue weighted by Gasteiger charge is 2.42. The quantitative estimate of drug-likeness (QED) is 0.173. The molecule has 1 nitrogen and oxygen atoms in total. The first-order valence-corrected chi connectivity index (χ1v) is 22.3. The van der Waals surface area contributed by atoms with Crippen LogP contribution in [0, 0.1) is 11.3 Å². The maximum atomic E-state index is 6.95. The van der Waals surface area contributed by atoms with Crippen molar-refractivity contribution in [1.29, 1.82) is 0 Å². The van der Waals surface area contributed by atoms with Gasteiger partial charge < -0.3 is 4.42 Å². The molecule has 0 spiro atoms. The van der Waals surface area contributed by atoms with E-state index in [0.717, 1.165) is 29.4 Å². The summed E-state index contributed by atoms with van der Waals surface area (Å²) in [6.07, 6.45) is 16.1. The van der Waals surface area contributed by atoms with Crippen molar-refractivity contribution in [3.05, 3.63) is 221 Å². The maximum Gasteiger partial charge on any atom is 0.136 e. The van der Waals surface area contributed by atoms with Crippen LogP contribution in [-0.4, -0.2) is 0 Å². The molecule has 0 radical (unpaired) electrons. The number of rotatable bonds is 4. The second-order valence-corrected chi connectivity index (χ2v) is 18.2. The zero-order valence-corrected chi connectivity index (χ0v) is 34.6. The molecule has 2 atom stereocenters. The Morgan fingerprint density at radius 3 is 2.21 bits per heavy atom. The summed E-state index contributed by atoms with van der Waals surface area (Å²) in [6.45, 7) is 2.43. The minimum Gasteiger partial charge on any atom is -0.456 e. The van der Waals surface area contributed by atoms with Crippen molar-refractivity contribution < 1.29 is 4.42 Å². The maximum absolute atomic E-state index is 6.95. The lowest BCUT2D eigenvalue weighted by atomic mass is 9.60. The fourth-order valence-corrected chi connectivity index (χ4v) is 12.5. The van der Waals surface area contributed by atoms with E-state index in [9.17, 15) is 0 Å². The van der Waals surface area contributed by atoms with E-state index >= 15 is 0 Å². The average Bonchev–Trinajstić information content (AvgIpc) is 3.89. The minimum atomic E-state index is -0.279. The van der Waals surface area contributed by atoms with Crippen molar-refractivity contribution in [3.8, 4) is 22.3 Å². The van der Waals surface area contributed by atoms with Gasteiger partial charge in [0.25, 0.3) is 0 Å². The number of hydrogen-bond acceptors (Lipinski definition) is 2. The standard InChI is InChI=1S/C59H40OS/c1-59-34-14-13-29-49(59)54(36-17-3-2-4-18-36)43-24-9-10-25-44(43)57(59)47-27-16-30-50-56(47)46-33-32-37(35-51(46)60-50)53-39-20-5-7-22-41(39)55(42-23-8-6-21-40(42)53)48-28-15-26-45-38-19-11-12-31-52(38)61-58(45)48/h2-7,9-22,24-35,49H,8,23H2,1H3. The molecule has 2 aromatic heterocycles. The molecule has 0 amide bonds. The predicted octanol–water partition coefficient (Wildman–Crippen LogP) is 14.6. The summed E-state index contributed by atoms with van der Waals surface area (Å²) in [5.74, 6) is 0.172. The Bertz CT molecular complexity index is 3720. The van der Waals surface area contributed by atoms with Crippen LogP contribution in [0.1, 0.15) is 35.6 Å². The summed E-state index contributed by atoms with van der Waals surface area (Å²) >= 11 is 1.92. The van der Waals surface area contributed by atoms with Crippen LogP contribution in [-0.2, 0) is 6.42 Å². The number of hydrogen-bond donors (Lipinski definition) is 0. The molecule has 0 N–H and O–H groups in total. The summed E-state index contributed by atoms with van der Waals surface area (Å²) in [7, 11) is 0. The molecular weight excluding hydrogens is 757 g/mol. The van der Waals surface area contributed by atoms with Crippen LogP contribution in [0.25, 0.3) is 92.4 Å². The smallest absolute Gasteiger partial charge is 0.136 e. The molecule has 0 aliphatic heterocycles. The zero-order valence-electron chi connectivity index (χ0n) is 33.8. The van der Waals surface area contributed by atoms with E-state index in [1.807, 2.05) is 11.3 Å². The number of thiophene rings is 1. The van der Waals surface area contributed by atoms with E-state index in [1.54, 1.807) is 0 Å². The normalized spacial score (nSPS) is 18.1. The van der Waals surface area contributed by atoms with Gasteiger partial charge in [0, 0.05) is 47.8 Å². The van der Waals surface area contributed by atoms with Gasteiger partial charge in [0.05, 0.1) is 0 Å². The Kier molecular flexibility index (Phi) is 7.56. The summed E-state index contributed by atoms with van der Waals surface area (Å²) in [5, 5.41) is 10.2. The van der Waals surface area contributed by atoms with Crippen molar-refractivity contribution in [2.75, 3.05) is 0 Å². The molecule has 61 heavy (non-hydrogen) atoms. The van der Waals surface area contributed by atoms with Crippen molar-refractivity contribution in [1.82, 2.24) is 0 Å². The summed E-state index contributed by atoms with van der Waals surface area (Å²) in [5.41, 5.74) is 14.7. The first-order valence-electron chi connectivity index (χ1n) is 21.5. The van der Waals surface area contributed by atoms with Crippen LogP contribution in [0.3, 0.4) is 0 Å². The third kappa shape index (κ3) is 5.00. The first-order chi connectivity index (χ1) is 30.2. The molecule has 0 bridgehead atoms. The second-order valence-electron chi connectivity index (χ2n) is 17.1. The van der Waals surface area contributed by atoms with Crippen LogP contribution < -0.4 is 10.4 Å². The van der Waals surface area contributed by atoms with Crippen molar-refractivity contribution in [3.63, 3.8) is 0 Å².